The number of halogens is 2. The minimum absolute atomic E-state index is 0.724. The van der Waals surface area contributed by atoms with Gasteiger partial charge in [-0.05, 0) is 48.7 Å². The zero-order chi connectivity index (χ0) is 17.2. The third-order valence-electron chi connectivity index (χ3n) is 4.70. The molecule has 0 aliphatic carbocycles. The summed E-state index contributed by atoms with van der Waals surface area (Å²) < 4.78 is 7.56. The van der Waals surface area contributed by atoms with Crippen molar-refractivity contribution in [3.8, 4) is 5.75 Å². The van der Waals surface area contributed by atoms with Crippen LogP contribution in [0.15, 0.2) is 51.4 Å². The first-order valence-corrected chi connectivity index (χ1v) is 9.62. The van der Waals surface area contributed by atoms with Crippen molar-refractivity contribution in [2.24, 2.45) is 0 Å². The lowest BCUT2D eigenvalue weighted by molar-refractivity contribution is -0.0278. The highest BCUT2D eigenvalue weighted by molar-refractivity contribution is 9.10. The molecule has 0 unspecified atom stereocenters. The molecule has 5 heteroatoms. The van der Waals surface area contributed by atoms with Gasteiger partial charge in [-0.1, -0.05) is 44.0 Å². The van der Waals surface area contributed by atoms with E-state index in [4.69, 9.17) is 4.74 Å². The smallest absolute Gasteiger partial charge is 0.123 e. The topological polar surface area (TPSA) is 32.7 Å². The van der Waals surface area contributed by atoms with Gasteiger partial charge in [0.25, 0.3) is 0 Å². The molecule has 0 aromatic heterocycles. The maximum Gasteiger partial charge on any atom is 0.123 e. The van der Waals surface area contributed by atoms with Crippen molar-refractivity contribution < 1.29 is 9.84 Å². The zero-order valence-corrected chi connectivity index (χ0v) is 16.8. The van der Waals surface area contributed by atoms with Gasteiger partial charge in [0.05, 0.1) is 12.7 Å². The molecule has 0 atom stereocenters. The Bertz CT molecular complexity index is 695. The van der Waals surface area contributed by atoms with Crippen LogP contribution in [0.2, 0.25) is 0 Å². The molecule has 1 saturated heterocycles. The summed E-state index contributed by atoms with van der Waals surface area (Å²) in [5, 5.41) is 11.0. The average molecular weight is 455 g/mol. The van der Waals surface area contributed by atoms with E-state index in [-0.39, 0.29) is 0 Å². The first-order valence-electron chi connectivity index (χ1n) is 8.03. The van der Waals surface area contributed by atoms with E-state index in [1.807, 2.05) is 36.4 Å². The Morgan fingerprint density at radius 1 is 1.04 bits per heavy atom. The van der Waals surface area contributed by atoms with Crippen LogP contribution in [0.4, 0.5) is 0 Å². The predicted molar refractivity (Wildman–Crippen MR) is 103 cm³/mol. The molecule has 0 spiro atoms. The van der Waals surface area contributed by atoms with Gasteiger partial charge in [-0.25, -0.2) is 0 Å². The summed E-state index contributed by atoms with van der Waals surface area (Å²) in [7, 11) is 1.70. The standard InChI is InChI=1S/C19H21Br2NO2/c1-24-18-7-6-17(21)12-14(18)13-22-10-8-19(23,9-11-22)15-2-4-16(20)5-3-15/h2-7,12,23H,8-11,13H2,1H3. The Hall–Kier alpha value is -0.880. The highest BCUT2D eigenvalue weighted by Crippen LogP contribution is 2.34. The van der Waals surface area contributed by atoms with Crippen LogP contribution in [-0.4, -0.2) is 30.2 Å². The van der Waals surface area contributed by atoms with Crippen molar-refractivity contribution in [1.82, 2.24) is 4.90 Å². The lowest BCUT2D eigenvalue weighted by Crippen LogP contribution is -2.42. The Morgan fingerprint density at radius 3 is 2.29 bits per heavy atom. The third-order valence-corrected chi connectivity index (χ3v) is 5.72. The minimum Gasteiger partial charge on any atom is -0.496 e. The van der Waals surface area contributed by atoms with Crippen LogP contribution < -0.4 is 4.74 Å². The number of methoxy groups -OCH3 is 1. The van der Waals surface area contributed by atoms with Gasteiger partial charge in [0, 0.05) is 34.1 Å². The van der Waals surface area contributed by atoms with Gasteiger partial charge in [-0.3, -0.25) is 4.90 Å². The summed E-state index contributed by atoms with van der Waals surface area (Å²) in [6.07, 6.45) is 1.48. The fraction of sp³-hybridized carbons (Fsp3) is 0.368. The van der Waals surface area contributed by atoms with Gasteiger partial charge in [-0.2, -0.15) is 0 Å². The molecule has 2 aromatic carbocycles. The van der Waals surface area contributed by atoms with Crippen LogP contribution in [0.3, 0.4) is 0 Å². The molecule has 0 amide bonds. The number of benzene rings is 2. The van der Waals surface area contributed by atoms with Crippen molar-refractivity contribution in [2.75, 3.05) is 20.2 Å². The molecule has 3 rings (SSSR count). The summed E-state index contributed by atoms with van der Waals surface area (Å²) >= 11 is 6.97. The van der Waals surface area contributed by atoms with Gasteiger partial charge in [0.2, 0.25) is 0 Å². The van der Waals surface area contributed by atoms with Crippen molar-refractivity contribution in [2.45, 2.75) is 25.0 Å². The summed E-state index contributed by atoms with van der Waals surface area (Å²) in [6, 6.07) is 14.1. The number of nitrogens with zero attached hydrogens (tertiary/aromatic N) is 1. The van der Waals surface area contributed by atoms with E-state index < -0.39 is 5.60 Å². The molecule has 1 fully saturated rings. The SMILES string of the molecule is COc1ccc(Br)cc1CN1CCC(O)(c2ccc(Br)cc2)CC1. The molecule has 3 nitrogen and oxygen atoms in total. The molecule has 0 saturated carbocycles. The zero-order valence-electron chi connectivity index (χ0n) is 13.6. The highest BCUT2D eigenvalue weighted by Gasteiger charge is 2.34. The van der Waals surface area contributed by atoms with Gasteiger partial charge in [0.1, 0.15) is 5.75 Å². The molecule has 0 bridgehead atoms. The summed E-state index contributed by atoms with van der Waals surface area (Å²) in [5.41, 5.74) is 1.45. The average Bonchev–Trinajstić information content (AvgIpc) is 2.58. The van der Waals surface area contributed by atoms with Crippen molar-refractivity contribution >= 4 is 31.9 Å². The van der Waals surface area contributed by atoms with Gasteiger partial charge < -0.3 is 9.84 Å². The third kappa shape index (κ3) is 4.02. The van der Waals surface area contributed by atoms with E-state index >= 15 is 0 Å². The highest BCUT2D eigenvalue weighted by atomic mass is 79.9. The Labute approximate surface area is 159 Å². The molecular weight excluding hydrogens is 434 g/mol. The molecule has 1 heterocycles. The molecule has 0 radical (unpaired) electrons. The summed E-state index contributed by atoms with van der Waals surface area (Å²) in [4.78, 5) is 2.37. The lowest BCUT2D eigenvalue weighted by Gasteiger charge is -2.38. The number of ether oxygens (including phenoxy) is 1. The predicted octanol–water partition coefficient (Wildman–Crippen LogP) is 4.70. The monoisotopic (exact) mass is 453 g/mol. The molecule has 1 N–H and O–H groups in total. The van der Waals surface area contributed by atoms with E-state index in [9.17, 15) is 5.11 Å². The van der Waals surface area contributed by atoms with Gasteiger partial charge >= 0.3 is 0 Å². The lowest BCUT2D eigenvalue weighted by atomic mass is 9.84. The summed E-state index contributed by atoms with van der Waals surface area (Å²) in [5.74, 6) is 0.909. The molecule has 24 heavy (non-hydrogen) atoms. The van der Waals surface area contributed by atoms with Crippen LogP contribution in [0.25, 0.3) is 0 Å². The first kappa shape index (κ1) is 17.9. The van der Waals surface area contributed by atoms with E-state index in [0.29, 0.717) is 0 Å². The second-order valence-electron chi connectivity index (χ2n) is 6.27. The molecule has 128 valence electrons. The van der Waals surface area contributed by atoms with E-state index in [2.05, 4.69) is 42.8 Å². The van der Waals surface area contributed by atoms with E-state index in [0.717, 1.165) is 52.7 Å². The van der Waals surface area contributed by atoms with Crippen LogP contribution >= 0.6 is 31.9 Å². The fourth-order valence-electron chi connectivity index (χ4n) is 3.24. The fourth-order valence-corrected chi connectivity index (χ4v) is 3.91. The van der Waals surface area contributed by atoms with Crippen LogP contribution in [0, 0.1) is 0 Å². The van der Waals surface area contributed by atoms with Gasteiger partial charge in [-0.15, -0.1) is 0 Å². The molecular formula is C19H21Br2NO2. The number of aliphatic hydroxyl groups is 1. The van der Waals surface area contributed by atoms with Crippen molar-refractivity contribution in [3.63, 3.8) is 0 Å². The largest absolute Gasteiger partial charge is 0.496 e. The molecule has 1 aliphatic rings. The Morgan fingerprint density at radius 2 is 1.67 bits per heavy atom. The Balaban J connectivity index is 1.67. The number of hydrogen-bond acceptors (Lipinski definition) is 3. The maximum absolute atomic E-state index is 11.0. The second kappa shape index (κ2) is 7.56. The molecule has 2 aromatic rings. The maximum atomic E-state index is 11.0. The minimum atomic E-state index is -0.724. The quantitative estimate of drug-likeness (QED) is 0.726. The number of hydrogen-bond donors (Lipinski definition) is 1. The van der Waals surface area contributed by atoms with E-state index in [1.54, 1.807) is 7.11 Å². The number of piperidine rings is 1. The van der Waals surface area contributed by atoms with Crippen LogP contribution in [0.1, 0.15) is 24.0 Å². The van der Waals surface area contributed by atoms with Crippen LogP contribution in [0.5, 0.6) is 5.75 Å². The van der Waals surface area contributed by atoms with E-state index in [1.165, 1.54) is 5.56 Å². The Kier molecular flexibility index (Phi) is 5.65. The van der Waals surface area contributed by atoms with Crippen molar-refractivity contribution in [1.29, 1.82) is 0 Å². The number of likely N-dealkylation sites (tertiary alicyclic amines) is 1. The van der Waals surface area contributed by atoms with Crippen LogP contribution in [-0.2, 0) is 12.1 Å². The van der Waals surface area contributed by atoms with Crippen molar-refractivity contribution in [3.05, 3.63) is 62.5 Å². The first-order chi connectivity index (χ1) is 11.5. The number of rotatable bonds is 4. The van der Waals surface area contributed by atoms with Gasteiger partial charge in [0.15, 0.2) is 0 Å². The molecule has 1 aliphatic heterocycles. The second-order valence-corrected chi connectivity index (χ2v) is 8.10. The summed E-state index contributed by atoms with van der Waals surface area (Å²) in [6.45, 7) is 2.56. The normalized spacial score (nSPS) is 17.7.